The van der Waals surface area contributed by atoms with Crippen molar-refractivity contribution in [2.75, 3.05) is 40.0 Å². The SMILES string of the molecule is CCC(CC)N(CCOC)C(=O)CC1CNCCO1. The summed E-state index contributed by atoms with van der Waals surface area (Å²) in [4.78, 5) is 14.4. The van der Waals surface area contributed by atoms with E-state index < -0.39 is 0 Å². The molecule has 5 nitrogen and oxygen atoms in total. The normalized spacial score (nSPS) is 19.7. The first-order valence-corrected chi connectivity index (χ1v) is 7.33. The summed E-state index contributed by atoms with van der Waals surface area (Å²) in [5.41, 5.74) is 0. The largest absolute Gasteiger partial charge is 0.383 e. The Labute approximate surface area is 116 Å². The molecule has 1 amide bonds. The van der Waals surface area contributed by atoms with Crippen molar-refractivity contribution in [2.45, 2.75) is 45.3 Å². The Kier molecular flexibility index (Phi) is 8.02. The molecule has 0 bridgehead atoms. The number of nitrogens with one attached hydrogen (secondary N) is 1. The van der Waals surface area contributed by atoms with E-state index in [1.165, 1.54) is 0 Å². The molecule has 1 aliphatic heterocycles. The van der Waals surface area contributed by atoms with Gasteiger partial charge in [-0.15, -0.1) is 0 Å². The maximum absolute atomic E-state index is 12.4. The van der Waals surface area contributed by atoms with Gasteiger partial charge in [0, 0.05) is 32.8 Å². The van der Waals surface area contributed by atoms with Crippen LogP contribution in [-0.2, 0) is 14.3 Å². The van der Waals surface area contributed by atoms with Crippen molar-refractivity contribution >= 4 is 5.91 Å². The van der Waals surface area contributed by atoms with E-state index >= 15 is 0 Å². The van der Waals surface area contributed by atoms with Crippen LogP contribution in [0.3, 0.4) is 0 Å². The Morgan fingerprint density at radius 3 is 2.74 bits per heavy atom. The second-order valence-corrected chi connectivity index (χ2v) is 4.95. The number of rotatable bonds is 8. The lowest BCUT2D eigenvalue weighted by molar-refractivity contribution is -0.138. The Morgan fingerprint density at radius 2 is 2.21 bits per heavy atom. The molecular weight excluding hydrogens is 244 g/mol. The maximum Gasteiger partial charge on any atom is 0.225 e. The van der Waals surface area contributed by atoms with Gasteiger partial charge in [0.25, 0.3) is 0 Å². The molecule has 19 heavy (non-hydrogen) atoms. The molecule has 1 aliphatic rings. The smallest absolute Gasteiger partial charge is 0.225 e. The minimum absolute atomic E-state index is 0.0145. The van der Waals surface area contributed by atoms with Gasteiger partial charge in [0.15, 0.2) is 0 Å². The number of methoxy groups -OCH3 is 1. The summed E-state index contributed by atoms with van der Waals surface area (Å²) < 4.78 is 10.7. The molecule has 0 spiro atoms. The quantitative estimate of drug-likeness (QED) is 0.717. The molecule has 1 unspecified atom stereocenters. The minimum atomic E-state index is 0.0145. The first-order chi connectivity index (χ1) is 9.22. The molecule has 1 fully saturated rings. The van der Waals surface area contributed by atoms with Crippen molar-refractivity contribution in [2.24, 2.45) is 0 Å². The minimum Gasteiger partial charge on any atom is -0.383 e. The van der Waals surface area contributed by atoms with Gasteiger partial charge in [-0.1, -0.05) is 13.8 Å². The van der Waals surface area contributed by atoms with Crippen LogP contribution in [0, 0.1) is 0 Å². The number of ether oxygens (including phenoxy) is 2. The monoisotopic (exact) mass is 272 g/mol. The highest BCUT2D eigenvalue weighted by Crippen LogP contribution is 2.13. The molecule has 0 aromatic heterocycles. The molecule has 112 valence electrons. The van der Waals surface area contributed by atoms with Crippen molar-refractivity contribution in [3.8, 4) is 0 Å². The van der Waals surface area contributed by atoms with Gasteiger partial charge in [0.2, 0.25) is 5.91 Å². The molecule has 1 atom stereocenters. The van der Waals surface area contributed by atoms with E-state index in [1.807, 2.05) is 4.90 Å². The fourth-order valence-electron chi connectivity index (χ4n) is 2.49. The third-order valence-corrected chi connectivity index (χ3v) is 3.65. The maximum atomic E-state index is 12.4. The predicted molar refractivity (Wildman–Crippen MR) is 75.2 cm³/mol. The Hall–Kier alpha value is -0.650. The lowest BCUT2D eigenvalue weighted by Crippen LogP contribution is -2.46. The van der Waals surface area contributed by atoms with E-state index in [0.717, 1.165) is 25.9 Å². The van der Waals surface area contributed by atoms with Crippen LogP contribution in [-0.4, -0.2) is 62.9 Å². The Balaban J connectivity index is 2.53. The summed E-state index contributed by atoms with van der Waals surface area (Å²) in [5.74, 6) is 0.180. The topological polar surface area (TPSA) is 50.8 Å². The molecule has 1 saturated heterocycles. The van der Waals surface area contributed by atoms with Crippen molar-refractivity contribution < 1.29 is 14.3 Å². The zero-order chi connectivity index (χ0) is 14.1. The van der Waals surface area contributed by atoms with E-state index in [9.17, 15) is 4.79 Å². The second kappa shape index (κ2) is 9.28. The van der Waals surface area contributed by atoms with Crippen molar-refractivity contribution in [1.82, 2.24) is 10.2 Å². The molecular formula is C14H28N2O3. The summed E-state index contributed by atoms with van der Waals surface area (Å²) >= 11 is 0. The number of morpholine rings is 1. The number of carbonyl (C=O) groups excluding carboxylic acids is 1. The summed E-state index contributed by atoms with van der Waals surface area (Å²) in [5, 5.41) is 3.26. The van der Waals surface area contributed by atoms with Gasteiger partial charge in [0.1, 0.15) is 0 Å². The molecule has 1 rings (SSSR count). The highest BCUT2D eigenvalue weighted by Gasteiger charge is 2.25. The Bertz CT molecular complexity index is 251. The number of amides is 1. The third kappa shape index (κ3) is 5.47. The van der Waals surface area contributed by atoms with Gasteiger partial charge in [0.05, 0.1) is 25.7 Å². The van der Waals surface area contributed by atoms with Gasteiger partial charge >= 0.3 is 0 Å². The molecule has 1 heterocycles. The van der Waals surface area contributed by atoms with E-state index in [2.05, 4.69) is 19.2 Å². The molecule has 0 saturated carbocycles. The lowest BCUT2D eigenvalue weighted by Gasteiger charge is -2.32. The molecule has 0 aromatic carbocycles. The van der Waals surface area contributed by atoms with Gasteiger partial charge in [-0.2, -0.15) is 0 Å². The van der Waals surface area contributed by atoms with Crippen molar-refractivity contribution in [3.63, 3.8) is 0 Å². The van der Waals surface area contributed by atoms with Crippen LogP contribution < -0.4 is 5.32 Å². The summed E-state index contributed by atoms with van der Waals surface area (Å²) in [6.45, 7) is 7.85. The summed E-state index contributed by atoms with van der Waals surface area (Å²) in [6.07, 6.45) is 2.44. The van der Waals surface area contributed by atoms with Crippen LogP contribution >= 0.6 is 0 Å². The van der Waals surface area contributed by atoms with Gasteiger partial charge in [-0.25, -0.2) is 0 Å². The zero-order valence-corrected chi connectivity index (χ0v) is 12.5. The van der Waals surface area contributed by atoms with Crippen molar-refractivity contribution in [3.05, 3.63) is 0 Å². The summed E-state index contributed by atoms with van der Waals surface area (Å²) in [6, 6.07) is 0.305. The van der Waals surface area contributed by atoms with E-state index in [1.54, 1.807) is 7.11 Å². The molecule has 0 radical (unpaired) electrons. The standard InChI is InChI=1S/C14H28N2O3/c1-4-12(5-2)16(7-9-18-3)14(17)10-13-11-15-6-8-19-13/h12-13,15H,4-11H2,1-3H3. The number of nitrogens with zero attached hydrogens (tertiary/aromatic N) is 1. The fraction of sp³-hybridized carbons (Fsp3) is 0.929. The summed E-state index contributed by atoms with van der Waals surface area (Å²) in [7, 11) is 1.67. The van der Waals surface area contributed by atoms with Crippen LogP contribution in [0.2, 0.25) is 0 Å². The molecule has 0 aromatic rings. The van der Waals surface area contributed by atoms with Crippen molar-refractivity contribution in [1.29, 1.82) is 0 Å². The average Bonchev–Trinajstić information content (AvgIpc) is 2.44. The average molecular weight is 272 g/mol. The van der Waals surface area contributed by atoms with E-state index in [4.69, 9.17) is 9.47 Å². The number of hydrogen-bond acceptors (Lipinski definition) is 4. The number of hydrogen-bond donors (Lipinski definition) is 1. The molecule has 0 aliphatic carbocycles. The first-order valence-electron chi connectivity index (χ1n) is 7.33. The second-order valence-electron chi connectivity index (χ2n) is 4.95. The van der Waals surface area contributed by atoms with Gasteiger partial charge < -0.3 is 19.7 Å². The Morgan fingerprint density at radius 1 is 1.47 bits per heavy atom. The first kappa shape index (κ1) is 16.4. The van der Waals surface area contributed by atoms with Crippen LogP contribution in [0.4, 0.5) is 0 Å². The predicted octanol–water partition coefficient (Wildman–Crippen LogP) is 1.03. The van der Waals surface area contributed by atoms with E-state index in [-0.39, 0.29) is 12.0 Å². The van der Waals surface area contributed by atoms with Crippen LogP contribution in [0.5, 0.6) is 0 Å². The molecule has 1 N–H and O–H groups in total. The van der Waals surface area contributed by atoms with E-state index in [0.29, 0.717) is 32.2 Å². The zero-order valence-electron chi connectivity index (χ0n) is 12.5. The number of carbonyl (C=O) groups is 1. The van der Waals surface area contributed by atoms with Crippen LogP contribution in [0.15, 0.2) is 0 Å². The highest BCUT2D eigenvalue weighted by molar-refractivity contribution is 5.77. The lowest BCUT2D eigenvalue weighted by atomic mass is 10.1. The third-order valence-electron chi connectivity index (χ3n) is 3.65. The fourth-order valence-corrected chi connectivity index (χ4v) is 2.49. The van der Waals surface area contributed by atoms with Gasteiger partial charge in [-0.05, 0) is 12.8 Å². The van der Waals surface area contributed by atoms with Gasteiger partial charge in [-0.3, -0.25) is 4.79 Å². The van der Waals surface area contributed by atoms with Crippen LogP contribution in [0.1, 0.15) is 33.1 Å². The van der Waals surface area contributed by atoms with Crippen LogP contribution in [0.25, 0.3) is 0 Å². The highest BCUT2D eigenvalue weighted by atomic mass is 16.5. The molecule has 5 heteroatoms.